The molecule has 0 saturated heterocycles. The van der Waals surface area contributed by atoms with Gasteiger partial charge in [0.2, 0.25) is 5.91 Å². The fourth-order valence-electron chi connectivity index (χ4n) is 2.06. The molecule has 1 aromatic heterocycles. The van der Waals surface area contributed by atoms with Gasteiger partial charge < -0.3 is 11.1 Å². The van der Waals surface area contributed by atoms with E-state index in [1.165, 1.54) is 5.56 Å². The van der Waals surface area contributed by atoms with E-state index in [1.807, 2.05) is 13.8 Å². The van der Waals surface area contributed by atoms with Crippen LogP contribution in [0.2, 0.25) is 0 Å². The van der Waals surface area contributed by atoms with E-state index in [9.17, 15) is 4.79 Å². The predicted molar refractivity (Wildman–Crippen MR) is 70.9 cm³/mol. The molecule has 2 rings (SSSR count). The maximum Gasteiger partial charge on any atom is 0.240 e. The van der Waals surface area contributed by atoms with Crippen molar-refractivity contribution in [2.45, 2.75) is 44.7 Å². The highest BCUT2D eigenvalue weighted by Gasteiger charge is 2.44. The summed E-state index contributed by atoms with van der Waals surface area (Å²) in [6.07, 6.45) is 3.04. The first-order valence-electron chi connectivity index (χ1n) is 6.11. The summed E-state index contributed by atoms with van der Waals surface area (Å²) in [5, 5.41) is 7.19. The van der Waals surface area contributed by atoms with Gasteiger partial charge in [-0.15, -0.1) is 0 Å². The highest BCUT2D eigenvalue weighted by molar-refractivity contribution is 7.07. The molecule has 0 bridgehead atoms. The summed E-state index contributed by atoms with van der Waals surface area (Å²) in [6, 6.07) is 2.23. The monoisotopic (exact) mass is 252 g/mol. The second-order valence-corrected chi connectivity index (χ2v) is 6.05. The van der Waals surface area contributed by atoms with Crippen LogP contribution in [-0.2, 0) is 11.2 Å². The Morgan fingerprint density at radius 3 is 2.94 bits per heavy atom. The summed E-state index contributed by atoms with van der Waals surface area (Å²) < 4.78 is 0. The Hall–Kier alpha value is -0.870. The van der Waals surface area contributed by atoms with Gasteiger partial charge in [0, 0.05) is 6.04 Å². The molecule has 94 valence electrons. The van der Waals surface area contributed by atoms with Crippen molar-refractivity contribution in [2.75, 3.05) is 0 Å². The molecule has 0 spiro atoms. The number of carbonyl (C=O) groups is 1. The van der Waals surface area contributed by atoms with Crippen molar-refractivity contribution in [3.05, 3.63) is 22.4 Å². The highest BCUT2D eigenvalue weighted by atomic mass is 32.1. The lowest BCUT2D eigenvalue weighted by atomic mass is 9.95. The van der Waals surface area contributed by atoms with Crippen LogP contribution in [-0.4, -0.2) is 17.5 Å². The molecular weight excluding hydrogens is 232 g/mol. The van der Waals surface area contributed by atoms with Gasteiger partial charge in [0.1, 0.15) is 0 Å². The van der Waals surface area contributed by atoms with Crippen LogP contribution < -0.4 is 11.1 Å². The maximum atomic E-state index is 12.1. The SMILES string of the molecule is CC(Cc1ccsc1)NC(=O)C(C)(N)C1CC1. The second kappa shape index (κ2) is 4.78. The molecule has 0 radical (unpaired) electrons. The van der Waals surface area contributed by atoms with E-state index < -0.39 is 5.54 Å². The third-order valence-electron chi connectivity index (χ3n) is 3.41. The molecule has 3 nitrogen and oxygen atoms in total. The van der Waals surface area contributed by atoms with E-state index in [-0.39, 0.29) is 11.9 Å². The predicted octanol–water partition coefficient (Wildman–Crippen LogP) is 1.92. The molecular formula is C13H20N2OS. The van der Waals surface area contributed by atoms with Crippen molar-refractivity contribution in [1.29, 1.82) is 0 Å². The molecule has 1 heterocycles. The Balaban J connectivity index is 1.85. The zero-order valence-corrected chi connectivity index (χ0v) is 11.2. The summed E-state index contributed by atoms with van der Waals surface area (Å²) in [6.45, 7) is 3.87. The first kappa shape index (κ1) is 12.6. The summed E-state index contributed by atoms with van der Waals surface area (Å²) >= 11 is 1.68. The number of hydrogen-bond acceptors (Lipinski definition) is 3. The number of amides is 1. The molecule has 4 heteroatoms. The summed E-state index contributed by atoms with van der Waals surface area (Å²) in [5.41, 5.74) is 6.66. The normalized spacial score (nSPS) is 20.6. The molecule has 2 unspecified atom stereocenters. The molecule has 1 fully saturated rings. The summed E-state index contributed by atoms with van der Waals surface area (Å²) in [4.78, 5) is 12.1. The number of nitrogens with two attached hydrogens (primary N) is 1. The Labute approximate surface area is 106 Å². The molecule has 17 heavy (non-hydrogen) atoms. The number of carbonyl (C=O) groups excluding carboxylic acids is 1. The summed E-state index contributed by atoms with van der Waals surface area (Å²) in [5.74, 6) is 0.360. The fourth-order valence-corrected chi connectivity index (χ4v) is 2.74. The first-order valence-corrected chi connectivity index (χ1v) is 7.05. The molecule has 1 aliphatic rings. The first-order chi connectivity index (χ1) is 8.00. The smallest absolute Gasteiger partial charge is 0.240 e. The maximum absolute atomic E-state index is 12.1. The molecule has 2 atom stereocenters. The minimum atomic E-state index is -0.692. The quantitative estimate of drug-likeness (QED) is 0.841. The summed E-state index contributed by atoms with van der Waals surface area (Å²) in [7, 11) is 0. The Morgan fingerprint density at radius 1 is 1.71 bits per heavy atom. The van der Waals surface area contributed by atoms with Crippen molar-refractivity contribution in [1.82, 2.24) is 5.32 Å². The Kier molecular flexibility index (Phi) is 3.54. The van der Waals surface area contributed by atoms with Gasteiger partial charge in [-0.05, 0) is 61.4 Å². The lowest BCUT2D eigenvalue weighted by Crippen LogP contribution is -2.55. The van der Waals surface area contributed by atoms with Gasteiger partial charge in [-0.2, -0.15) is 11.3 Å². The van der Waals surface area contributed by atoms with Crippen molar-refractivity contribution in [2.24, 2.45) is 11.7 Å². The van der Waals surface area contributed by atoms with Crippen LogP contribution in [0.5, 0.6) is 0 Å². The molecule has 1 saturated carbocycles. The van der Waals surface area contributed by atoms with Crippen LogP contribution >= 0.6 is 11.3 Å². The standard InChI is InChI=1S/C13H20N2OS/c1-9(7-10-5-6-17-8-10)15-12(16)13(2,14)11-3-4-11/h5-6,8-9,11H,3-4,7,14H2,1-2H3,(H,15,16). The number of rotatable bonds is 5. The third kappa shape index (κ3) is 3.07. The lowest BCUT2D eigenvalue weighted by molar-refractivity contribution is -0.127. The van der Waals surface area contributed by atoms with Crippen LogP contribution in [0.4, 0.5) is 0 Å². The zero-order valence-electron chi connectivity index (χ0n) is 10.4. The van der Waals surface area contributed by atoms with Crippen molar-refractivity contribution >= 4 is 17.2 Å². The second-order valence-electron chi connectivity index (χ2n) is 5.27. The Morgan fingerprint density at radius 2 is 2.41 bits per heavy atom. The lowest BCUT2D eigenvalue weighted by Gasteiger charge is -2.25. The van der Waals surface area contributed by atoms with E-state index >= 15 is 0 Å². The van der Waals surface area contributed by atoms with Crippen molar-refractivity contribution < 1.29 is 4.79 Å². The van der Waals surface area contributed by atoms with E-state index in [1.54, 1.807) is 11.3 Å². The topological polar surface area (TPSA) is 55.1 Å². The Bertz CT molecular complexity index is 382. The van der Waals surface area contributed by atoms with Gasteiger partial charge in [0.25, 0.3) is 0 Å². The number of hydrogen-bond donors (Lipinski definition) is 2. The molecule has 1 amide bonds. The molecule has 1 aromatic rings. The van der Waals surface area contributed by atoms with Crippen LogP contribution in [0.1, 0.15) is 32.3 Å². The fraction of sp³-hybridized carbons (Fsp3) is 0.615. The van der Waals surface area contributed by atoms with Crippen LogP contribution in [0.15, 0.2) is 16.8 Å². The van der Waals surface area contributed by atoms with E-state index in [2.05, 4.69) is 22.1 Å². The van der Waals surface area contributed by atoms with Gasteiger partial charge in [0.05, 0.1) is 5.54 Å². The van der Waals surface area contributed by atoms with Crippen LogP contribution in [0, 0.1) is 5.92 Å². The minimum absolute atomic E-state index is 0.0114. The third-order valence-corrected chi connectivity index (χ3v) is 4.15. The van der Waals surface area contributed by atoms with Gasteiger partial charge in [-0.1, -0.05) is 0 Å². The molecule has 1 aliphatic carbocycles. The minimum Gasteiger partial charge on any atom is -0.352 e. The van der Waals surface area contributed by atoms with Gasteiger partial charge in [-0.25, -0.2) is 0 Å². The van der Waals surface area contributed by atoms with E-state index in [0.717, 1.165) is 19.3 Å². The van der Waals surface area contributed by atoms with Gasteiger partial charge in [0.15, 0.2) is 0 Å². The van der Waals surface area contributed by atoms with Crippen molar-refractivity contribution in [3.8, 4) is 0 Å². The number of nitrogens with one attached hydrogen (secondary N) is 1. The molecule has 0 aromatic carbocycles. The molecule has 3 N–H and O–H groups in total. The molecule has 0 aliphatic heterocycles. The average molecular weight is 252 g/mol. The van der Waals surface area contributed by atoms with Crippen molar-refractivity contribution in [3.63, 3.8) is 0 Å². The van der Waals surface area contributed by atoms with Crippen LogP contribution in [0.25, 0.3) is 0 Å². The van der Waals surface area contributed by atoms with Gasteiger partial charge in [-0.3, -0.25) is 4.79 Å². The highest BCUT2D eigenvalue weighted by Crippen LogP contribution is 2.38. The average Bonchev–Trinajstić information content (AvgIpc) is 3.00. The van der Waals surface area contributed by atoms with Crippen LogP contribution in [0.3, 0.4) is 0 Å². The number of thiophene rings is 1. The largest absolute Gasteiger partial charge is 0.352 e. The zero-order chi connectivity index (χ0) is 12.5. The van der Waals surface area contributed by atoms with E-state index in [0.29, 0.717) is 5.92 Å². The van der Waals surface area contributed by atoms with Gasteiger partial charge >= 0.3 is 0 Å². The van der Waals surface area contributed by atoms with E-state index in [4.69, 9.17) is 5.73 Å².